The molecule has 1 fully saturated rings. The minimum Gasteiger partial charge on any atom is -0.308 e. The fourth-order valence-corrected chi connectivity index (χ4v) is 2.59. The molecule has 1 aliphatic heterocycles. The van der Waals surface area contributed by atoms with Gasteiger partial charge in [-0.2, -0.15) is 0 Å². The molecule has 1 aliphatic rings. The molecule has 0 aromatic carbocycles. The van der Waals surface area contributed by atoms with Crippen LogP contribution in [0.4, 0.5) is 0 Å². The van der Waals surface area contributed by atoms with Crippen LogP contribution < -0.4 is 5.32 Å². The predicted molar refractivity (Wildman–Crippen MR) is 67.2 cm³/mol. The van der Waals surface area contributed by atoms with Crippen LogP contribution in [0.3, 0.4) is 0 Å². The normalized spacial score (nSPS) is 29.0. The Bertz CT molecular complexity index is 183. The van der Waals surface area contributed by atoms with Crippen molar-refractivity contribution < 1.29 is 0 Å². The zero-order valence-electron chi connectivity index (χ0n) is 11.1. The standard InChI is InChI=1S/C13H28N2/c1-6-11(4)15-10-13(7-2,8-3)14-9-12(15)5/h11-12,14H,6-10H2,1-5H3. The fourth-order valence-electron chi connectivity index (χ4n) is 2.59. The van der Waals surface area contributed by atoms with Crippen molar-refractivity contribution in [2.75, 3.05) is 13.1 Å². The Balaban J connectivity index is 2.70. The third-order valence-electron chi connectivity index (χ3n) is 4.33. The van der Waals surface area contributed by atoms with Crippen LogP contribution in [0.15, 0.2) is 0 Å². The second-order valence-electron chi connectivity index (χ2n) is 5.15. The monoisotopic (exact) mass is 212 g/mol. The number of hydrogen-bond donors (Lipinski definition) is 1. The summed E-state index contributed by atoms with van der Waals surface area (Å²) < 4.78 is 0. The summed E-state index contributed by atoms with van der Waals surface area (Å²) in [4.78, 5) is 2.68. The van der Waals surface area contributed by atoms with Crippen LogP contribution in [-0.2, 0) is 0 Å². The van der Waals surface area contributed by atoms with Crippen molar-refractivity contribution in [3.63, 3.8) is 0 Å². The van der Waals surface area contributed by atoms with Gasteiger partial charge in [0, 0.05) is 30.7 Å². The van der Waals surface area contributed by atoms with Gasteiger partial charge in [0.25, 0.3) is 0 Å². The first-order chi connectivity index (χ1) is 7.08. The van der Waals surface area contributed by atoms with Crippen LogP contribution in [0, 0.1) is 0 Å². The Kier molecular flexibility index (Phi) is 4.60. The zero-order chi connectivity index (χ0) is 11.5. The average molecular weight is 212 g/mol. The van der Waals surface area contributed by atoms with Crippen molar-refractivity contribution in [3.05, 3.63) is 0 Å². The molecule has 90 valence electrons. The molecule has 0 aromatic rings. The van der Waals surface area contributed by atoms with E-state index < -0.39 is 0 Å². The first kappa shape index (κ1) is 13.0. The summed E-state index contributed by atoms with van der Waals surface area (Å²) in [6, 6.07) is 1.41. The Labute approximate surface area is 95.4 Å². The third-order valence-corrected chi connectivity index (χ3v) is 4.33. The summed E-state index contributed by atoms with van der Waals surface area (Å²) in [6.45, 7) is 14.0. The lowest BCUT2D eigenvalue weighted by Crippen LogP contribution is -2.64. The minimum atomic E-state index is 0.371. The summed E-state index contributed by atoms with van der Waals surface area (Å²) in [5.41, 5.74) is 0.371. The lowest BCUT2D eigenvalue weighted by atomic mass is 9.88. The van der Waals surface area contributed by atoms with Gasteiger partial charge < -0.3 is 5.32 Å². The molecule has 0 aliphatic carbocycles. The van der Waals surface area contributed by atoms with E-state index in [-0.39, 0.29) is 0 Å². The Morgan fingerprint density at radius 1 is 1.33 bits per heavy atom. The van der Waals surface area contributed by atoms with Gasteiger partial charge in [-0.15, -0.1) is 0 Å². The molecule has 1 heterocycles. The van der Waals surface area contributed by atoms with Crippen LogP contribution in [-0.4, -0.2) is 35.6 Å². The molecule has 0 bridgehead atoms. The van der Waals surface area contributed by atoms with E-state index in [9.17, 15) is 0 Å². The molecule has 2 nitrogen and oxygen atoms in total. The maximum Gasteiger partial charge on any atom is 0.0304 e. The van der Waals surface area contributed by atoms with Crippen molar-refractivity contribution in [3.8, 4) is 0 Å². The second kappa shape index (κ2) is 5.31. The molecular weight excluding hydrogens is 184 g/mol. The van der Waals surface area contributed by atoms with Gasteiger partial charge >= 0.3 is 0 Å². The van der Waals surface area contributed by atoms with E-state index in [1.165, 1.54) is 25.8 Å². The number of rotatable bonds is 4. The predicted octanol–water partition coefficient (Wildman–Crippen LogP) is 2.64. The van der Waals surface area contributed by atoms with Gasteiger partial charge in [-0.3, -0.25) is 4.90 Å². The highest BCUT2D eigenvalue weighted by Crippen LogP contribution is 2.24. The molecular formula is C13H28N2. The fraction of sp³-hybridized carbons (Fsp3) is 1.00. The highest BCUT2D eigenvalue weighted by atomic mass is 15.3. The van der Waals surface area contributed by atoms with Crippen LogP contribution in [0.1, 0.15) is 53.9 Å². The van der Waals surface area contributed by atoms with E-state index in [1.54, 1.807) is 0 Å². The molecule has 0 spiro atoms. The first-order valence-electron chi connectivity index (χ1n) is 6.59. The molecule has 2 unspecified atom stereocenters. The summed E-state index contributed by atoms with van der Waals surface area (Å²) >= 11 is 0. The highest BCUT2D eigenvalue weighted by Gasteiger charge is 2.36. The SMILES string of the molecule is CCC(C)N1CC(CC)(CC)NCC1C. The van der Waals surface area contributed by atoms with Gasteiger partial charge in [0.15, 0.2) is 0 Å². The van der Waals surface area contributed by atoms with Gasteiger partial charge in [-0.25, -0.2) is 0 Å². The summed E-state index contributed by atoms with van der Waals surface area (Å²) in [6.07, 6.45) is 3.74. The molecule has 2 atom stereocenters. The van der Waals surface area contributed by atoms with E-state index >= 15 is 0 Å². The van der Waals surface area contributed by atoms with Gasteiger partial charge in [0.2, 0.25) is 0 Å². The number of nitrogens with one attached hydrogen (secondary N) is 1. The van der Waals surface area contributed by atoms with Crippen LogP contribution in [0.25, 0.3) is 0 Å². The average Bonchev–Trinajstić information content (AvgIpc) is 2.29. The van der Waals surface area contributed by atoms with Crippen molar-refractivity contribution in [2.45, 2.75) is 71.5 Å². The maximum atomic E-state index is 3.75. The molecule has 0 radical (unpaired) electrons. The van der Waals surface area contributed by atoms with Crippen molar-refractivity contribution >= 4 is 0 Å². The lowest BCUT2D eigenvalue weighted by molar-refractivity contribution is 0.0488. The van der Waals surface area contributed by atoms with Crippen LogP contribution in [0.5, 0.6) is 0 Å². The molecule has 1 N–H and O–H groups in total. The summed E-state index contributed by atoms with van der Waals surface area (Å²) in [7, 11) is 0. The lowest BCUT2D eigenvalue weighted by Gasteiger charge is -2.48. The smallest absolute Gasteiger partial charge is 0.0304 e. The number of nitrogens with zero attached hydrogens (tertiary/aromatic N) is 1. The van der Waals surface area contributed by atoms with Gasteiger partial charge in [0.1, 0.15) is 0 Å². The van der Waals surface area contributed by atoms with Gasteiger partial charge in [0.05, 0.1) is 0 Å². The maximum absolute atomic E-state index is 3.75. The third kappa shape index (κ3) is 2.73. The second-order valence-corrected chi connectivity index (χ2v) is 5.15. The first-order valence-corrected chi connectivity index (χ1v) is 6.59. The topological polar surface area (TPSA) is 15.3 Å². The zero-order valence-corrected chi connectivity index (χ0v) is 11.1. The van der Waals surface area contributed by atoms with Crippen molar-refractivity contribution in [1.29, 1.82) is 0 Å². The van der Waals surface area contributed by atoms with E-state index in [4.69, 9.17) is 0 Å². The van der Waals surface area contributed by atoms with E-state index in [1.807, 2.05) is 0 Å². The molecule has 0 saturated carbocycles. The molecule has 15 heavy (non-hydrogen) atoms. The molecule has 1 rings (SSSR count). The van der Waals surface area contributed by atoms with E-state index in [0.29, 0.717) is 11.6 Å². The summed E-state index contributed by atoms with van der Waals surface area (Å²) in [5.74, 6) is 0. The molecule has 0 aromatic heterocycles. The van der Waals surface area contributed by atoms with Gasteiger partial charge in [-0.05, 0) is 33.1 Å². The van der Waals surface area contributed by atoms with Crippen molar-refractivity contribution in [1.82, 2.24) is 10.2 Å². The number of hydrogen-bond acceptors (Lipinski definition) is 2. The summed E-state index contributed by atoms with van der Waals surface area (Å²) in [5, 5.41) is 3.75. The quantitative estimate of drug-likeness (QED) is 0.770. The highest BCUT2D eigenvalue weighted by molar-refractivity contribution is 4.96. The molecule has 2 heteroatoms. The largest absolute Gasteiger partial charge is 0.308 e. The number of piperazine rings is 1. The molecule has 0 amide bonds. The molecule has 1 saturated heterocycles. The van der Waals surface area contributed by atoms with Gasteiger partial charge in [-0.1, -0.05) is 20.8 Å². The Morgan fingerprint density at radius 2 is 1.93 bits per heavy atom. The van der Waals surface area contributed by atoms with E-state index in [0.717, 1.165) is 12.6 Å². The van der Waals surface area contributed by atoms with Crippen LogP contribution in [0.2, 0.25) is 0 Å². The minimum absolute atomic E-state index is 0.371. The van der Waals surface area contributed by atoms with Crippen LogP contribution >= 0.6 is 0 Å². The Morgan fingerprint density at radius 3 is 2.40 bits per heavy atom. The Hall–Kier alpha value is -0.0800. The van der Waals surface area contributed by atoms with E-state index in [2.05, 4.69) is 44.8 Å². The van der Waals surface area contributed by atoms with Crippen molar-refractivity contribution in [2.24, 2.45) is 0 Å².